The van der Waals surface area contributed by atoms with Crippen molar-refractivity contribution in [2.45, 2.75) is 39.0 Å². The van der Waals surface area contributed by atoms with E-state index in [0.717, 1.165) is 32.5 Å². The zero-order valence-corrected chi connectivity index (χ0v) is 18.3. The molecule has 0 aromatic carbocycles. The molecule has 4 rings (SSSR count). The lowest BCUT2D eigenvalue weighted by atomic mass is 10.2. The summed E-state index contributed by atoms with van der Waals surface area (Å²) in [7, 11) is 0. The number of fused-ring (bicyclic) bond motifs is 2. The normalized spacial score (nSPS) is 14.2. The summed E-state index contributed by atoms with van der Waals surface area (Å²) in [5.41, 5.74) is 0. The monoisotopic (exact) mass is 471 g/mol. The van der Waals surface area contributed by atoms with Gasteiger partial charge in [0.05, 0.1) is 25.1 Å². The van der Waals surface area contributed by atoms with E-state index >= 15 is 0 Å². The van der Waals surface area contributed by atoms with E-state index in [-0.39, 0.29) is 45.2 Å². The maximum Gasteiger partial charge on any atom is 0.451 e. The van der Waals surface area contributed by atoms with Gasteiger partial charge >= 0.3 is 6.18 Å². The van der Waals surface area contributed by atoms with Crippen LogP contribution in [0.4, 0.5) is 24.9 Å². The molecule has 3 aromatic heterocycles. The van der Waals surface area contributed by atoms with Crippen LogP contribution >= 0.6 is 11.3 Å². The molecule has 0 bridgehead atoms. The summed E-state index contributed by atoms with van der Waals surface area (Å²) in [6.45, 7) is 2.85. The molecule has 0 saturated heterocycles. The van der Waals surface area contributed by atoms with Gasteiger partial charge in [-0.25, -0.2) is 4.98 Å². The number of hydrogen-bond donors (Lipinski definition) is 2. The number of aliphatic hydroxyl groups is 2. The number of rotatable bonds is 8. The molecule has 1 aliphatic heterocycles. The second-order valence-corrected chi connectivity index (χ2v) is 8.59. The molecule has 3 aromatic rings. The lowest BCUT2D eigenvalue weighted by Crippen LogP contribution is -2.37. The van der Waals surface area contributed by atoms with Gasteiger partial charge in [0.15, 0.2) is 5.82 Å². The second kappa shape index (κ2) is 9.16. The highest BCUT2D eigenvalue weighted by Crippen LogP contribution is 2.36. The zero-order valence-electron chi connectivity index (χ0n) is 17.5. The highest BCUT2D eigenvalue weighted by molar-refractivity contribution is 7.18. The summed E-state index contributed by atoms with van der Waals surface area (Å²) in [4.78, 5) is 14.8. The van der Waals surface area contributed by atoms with Gasteiger partial charge in [0, 0.05) is 31.1 Å². The van der Waals surface area contributed by atoms with Gasteiger partial charge in [0.25, 0.3) is 0 Å². The average Bonchev–Trinajstić information content (AvgIpc) is 3.36. The van der Waals surface area contributed by atoms with Gasteiger partial charge < -0.3 is 24.6 Å². The molecule has 0 atom stereocenters. The fourth-order valence-corrected chi connectivity index (χ4v) is 4.92. The van der Waals surface area contributed by atoms with Crippen LogP contribution in [0, 0.1) is 0 Å². The van der Waals surface area contributed by atoms with Crippen molar-refractivity contribution in [3.8, 4) is 0 Å². The van der Waals surface area contributed by atoms with Crippen LogP contribution in [0.5, 0.6) is 0 Å². The molecule has 0 fully saturated rings. The van der Waals surface area contributed by atoms with E-state index in [9.17, 15) is 23.4 Å². The number of hydrogen-bond acceptors (Lipinski definition) is 9. The summed E-state index contributed by atoms with van der Waals surface area (Å²) in [6.07, 6.45) is -2.70. The zero-order chi connectivity index (χ0) is 22.9. The lowest BCUT2D eigenvalue weighted by molar-refractivity contribution is -0.147. The van der Waals surface area contributed by atoms with Gasteiger partial charge in [-0.1, -0.05) is 13.3 Å². The first kappa shape index (κ1) is 22.7. The fourth-order valence-electron chi connectivity index (χ4n) is 3.80. The number of anilines is 2. The number of nitrogens with zero attached hydrogens (tertiary/aromatic N) is 7. The minimum atomic E-state index is -4.56. The van der Waals surface area contributed by atoms with Crippen molar-refractivity contribution in [3.05, 3.63) is 22.6 Å². The van der Waals surface area contributed by atoms with E-state index in [2.05, 4.69) is 22.1 Å². The first-order chi connectivity index (χ1) is 15.4. The second-order valence-electron chi connectivity index (χ2n) is 7.47. The van der Waals surface area contributed by atoms with E-state index in [4.69, 9.17) is 4.98 Å². The molecule has 174 valence electrons. The number of aromatic nitrogens is 5. The first-order valence-electron chi connectivity index (χ1n) is 10.4. The summed E-state index contributed by atoms with van der Waals surface area (Å²) >= 11 is 1.55. The Kier molecular flexibility index (Phi) is 6.49. The van der Waals surface area contributed by atoms with Crippen molar-refractivity contribution >= 4 is 33.3 Å². The molecule has 0 radical (unpaired) electrons. The third-order valence-electron chi connectivity index (χ3n) is 5.24. The molecule has 1 aliphatic rings. The molecular weight excluding hydrogens is 447 g/mol. The van der Waals surface area contributed by atoms with Crippen LogP contribution in [0.15, 0.2) is 6.07 Å². The van der Waals surface area contributed by atoms with Gasteiger partial charge in [-0.05, 0) is 12.5 Å². The molecule has 0 aliphatic carbocycles. The van der Waals surface area contributed by atoms with E-state index in [1.54, 1.807) is 16.2 Å². The minimum Gasteiger partial charge on any atom is -0.395 e. The molecular formula is C19H24F3N7O2S. The SMILES string of the molecule is CCCc1cc2c(N3CCn4c(nnc4C(F)(F)F)C3)nc(N(CCO)CCO)nc2s1. The topological polar surface area (TPSA) is 103 Å². The molecule has 32 heavy (non-hydrogen) atoms. The summed E-state index contributed by atoms with van der Waals surface area (Å²) in [5, 5.41) is 26.8. The summed E-state index contributed by atoms with van der Waals surface area (Å²) < 4.78 is 40.7. The molecule has 0 amide bonds. The Balaban J connectivity index is 1.75. The highest BCUT2D eigenvalue weighted by atomic mass is 32.1. The van der Waals surface area contributed by atoms with Crippen molar-refractivity contribution in [1.82, 2.24) is 24.7 Å². The van der Waals surface area contributed by atoms with Crippen molar-refractivity contribution in [1.29, 1.82) is 0 Å². The van der Waals surface area contributed by atoms with Crippen molar-refractivity contribution in [3.63, 3.8) is 0 Å². The molecule has 0 saturated carbocycles. The van der Waals surface area contributed by atoms with Crippen LogP contribution in [0.2, 0.25) is 0 Å². The fraction of sp³-hybridized carbons (Fsp3) is 0.579. The Morgan fingerprint density at radius 1 is 1.12 bits per heavy atom. The van der Waals surface area contributed by atoms with Gasteiger partial charge in [0.1, 0.15) is 10.6 Å². The number of aryl methyl sites for hydroxylation is 1. The molecule has 0 unspecified atom stereocenters. The van der Waals surface area contributed by atoms with Crippen LogP contribution in [0.3, 0.4) is 0 Å². The van der Waals surface area contributed by atoms with Gasteiger partial charge in [-0.3, -0.25) is 0 Å². The molecule has 4 heterocycles. The summed E-state index contributed by atoms with van der Waals surface area (Å²) in [5.74, 6) is 0.206. The van der Waals surface area contributed by atoms with Crippen molar-refractivity contribution < 1.29 is 23.4 Å². The highest BCUT2D eigenvalue weighted by Gasteiger charge is 2.39. The van der Waals surface area contributed by atoms with E-state index < -0.39 is 12.0 Å². The van der Waals surface area contributed by atoms with E-state index in [1.807, 2.05) is 11.0 Å². The van der Waals surface area contributed by atoms with Crippen LogP contribution < -0.4 is 9.80 Å². The Labute approximate surface area is 186 Å². The Morgan fingerprint density at radius 3 is 2.53 bits per heavy atom. The largest absolute Gasteiger partial charge is 0.451 e. The van der Waals surface area contributed by atoms with E-state index in [0.29, 0.717) is 18.3 Å². The Hall–Kier alpha value is -2.51. The summed E-state index contributed by atoms with van der Waals surface area (Å²) in [6, 6.07) is 2.03. The van der Waals surface area contributed by atoms with E-state index in [1.165, 1.54) is 0 Å². The molecule has 9 nitrogen and oxygen atoms in total. The number of alkyl halides is 3. The maximum atomic E-state index is 13.2. The molecule has 13 heteroatoms. The van der Waals surface area contributed by atoms with Crippen LogP contribution in [-0.2, 0) is 25.7 Å². The third kappa shape index (κ3) is 4.36. The Morgan fingerprint density at radius 2 is 1.88 bits per heavy atom. The quantitative estimate of drug-likeness (QED) is 0.515. The van der Waals surface area contributed by atoms with Crippen molar-refractivity contribution in [2.75, 3.05) is 42.6 Å². The predicted octanol–water partition coefficient (Wildman–Crippen LogP) is 2.07. The van der Waals surface area contributed by atoms with Gasteiger partial charge in [-0.15, -0.1) is 21.5 Å². The van der Waals surface area contributed by atoms with Crippen molar-refractivity contribution in [2.24, 2.45) is 0 Å². The number of thiophene rings is 1. The standard InChI is InChI=1S/C19H24F3N7O2S/c1-2-3-12-10-13-15(23-18(24-16(13)32-12)27(6-8-30)7-9-31)28-4-5-29-14(11-28)25-26-17(29)19(20,21)22/h10,30-31H,2-9,11H2,1H3. The smallest absolute Gasteiger partial charge is 0.395 e. The number of halogens is 3. The Bertz CT molecular complexity index is 1080. The predicted molar refractivity (Wildman–Crippen MR) is 114 cm³/mol. The van der Waals surface area contributed by atoms with Crippen LogP contribution in [-0.4, -0.2) is 67.8 Å². The first-order valence-corrected chi connectivity index (χ1v) is 11.2. The van der Waals surface area contributed by atoms with Crippen LogP contribution in [0.1, 0.15) is 29.9 Å². The van der Waals surface area contributed by atoms with Gasteiger partial charge in [0.2, 0.25) is 11.8 Å². The molecule has 2 N–H and O–H groups in total. The number of aliphatic hydroxyl groups excluding tert-OH is 2. The lowest BCUT2D eigenvalue weighted by Gasteiger charge is -2.30. The molecule has 0 spiro atoms. The maximum absolute atomic E-state index is 13.2. The minimum absolute atomic E-state index is 0.0843. The third-order valence-corrected chi connectivity index (χ3v) is 6.33. The van der Waals surface area contributed by atoms with Gasteiger partial charge in [-0.2, -0.15) is 18.2 Å². The van der Waals surface area contributed by atoms with Crippen LogP contribution in [0.25, 0.3) is 10.2 Å². The average molecular weight is 472 g/mol.